The Morgan fingerprint density at radius 2 is 1.26 bits per heavy atom. The fraction of sp³-hybridized carbons (Fsp3) is 0.286. The first-order chi connectivity index (χ1) is 24.4. The Balaban J connectivity index is 1.24. The van der Waals surface area contributed by atoms with Crippen molar-refractivity contribution < 1.29 is 9.90 Å². The van der Waals surface area contributed by atoms with Crippen LogP contribution in [0.3, 0.4) is 0 Å². The average Bonchev–Trinajstić information content (AvgIpc) is 3.81. The van der Waals surface area contributed by atoms with Crippen molar-refractivity contribution in [1.29, 1.82) is 5.26 Å². The zero-order valence-corrected chi connectivity index (χ0v) is 31.7. The summed E-state index contributed by atoms with van der Waals surface area (Å²) in [5, 5.41) is 18.5. The molecular formula is C42H40N2O2S4. The summed E-state index contributed by atoms with van der Waals surface area (Å²) in [7, 11) is 0. The highest BCUT2D eigenvalue weighted by molar-refractivity contribution is 8.00. The minimum atomic E-state index is -1.21. The van der Waals surface area contributed by atoms with Crippen LogP contribution in [0.5, 0.6) is 0 Å². The lowest BCUT2D eigenvalue weighted by Gasteiger charge is -2.39. The SMILES string of the molecule is CCCCCCc1ccc2c(c1)Sc1cc(-c3ccc(-c4ccc(/C=C(\C#N)C(=O)O)s4)s3)cc3c1N2c1ccc(CCCCCC)cc1S3. The molecule has 0 saturated heterocycles. The smallest absolute Gasteiger partial charge is 0.346 e. The lowest BCUT2D eigenvalue weighted by Crippen LogP contribution is -2.19. The Hall–Kier alpha value is -3.74. The van der Waals surface area contributed by atoms with Crippen LogP contribution in [-0.4, -0.2) is 11.1 Å². The van der Waals surface area contributed by atoms with Crippen LogP contribution >= 0.6 is 46.2 Å². The van der Waals surface area contributed by atoms with Crippen LogP contribution < -0.4 is 4.90 Å². The number of nitriles is 1. The molecule has 1 N–H and O–H groups in total. The first kappa shape index (κ1) is 34.7. The number of aliphatic carboxylic acids is 1. The quantitative estimate of drug-likeness (QED) is 0.0682. The number of benzene rings is 3. The van der Waals surface area contributed by atoms with Crippen LogP contribution in [0.2, 0.25) is 0 Å². The van der Waals surface area contributed by atoms with Gasteiger partial charge in [-0.3, -0.25) is 0 Å². The topological polar surface area (TPSA) is 64.3 Å². The number of thiophene rings is 2. The molecule has 5 aromatic rings. The molecule has 3 aromatic carbocycles. The Morgan fingerprint density at radius 3 is 1.82 bits per heavy atom. The van der Waals surface area contributed by atoms with Gasteiger partial charge >= 0.3 is 5.97 Å². The third kappa shape index (κ3) is 7.34. The van der Waals surface area contributed by atoms with E-state index in [-0.39, 0.29) is 5.57 Å². The van der Waals surface area contributed by atoms with E-state index in [4.69, 9.17) is 0 Å². The van der Waals surface area contributed by atoms with E-state index in [0.29, 0.717) is 0 Å². The normalized spacial score (nSPS) is 13.1. The highest BCUT2D eigenvalue weighted by Crippen LogP contribution is 2.61. The molecule has 0 radical (unpaired) electrons. The van der Waals surface area contributed by atoms with E-state index in [1.54, 1.807) is 17.4 Å². The van der Waals surface area contributed by atoms with Gasteiger partial charge in [0.2, 0.25) is 0 Å². The Morgan fingerprint density at radius 1 is 0.700 bits per heavy atom. The van der Waals surface area contributed by atoms with Gasteiger partial charge in [0, 0.05) is 39.1 Å². The molecule has 50 heavy (non-hydrogen) atoms. The molecule has 0 bridgehead atoms. The molecule has 4 nitrogen and oxygen atoms in total. The van der Waals surface area contributed by atoms with Gasteiger partial charge in [-0.2, -0.15) is 5.26 Å². The molecule has 254 valence electrons. The third-order valence-corrected chi connectivity index (χ3v) is 13.8. The van der Waals surface area contributed by atoms with Crippen molar-refractivity contribution in [2.24, 2.45) is 0 Å². The molecule has 0 spiro atoms. The largest absolute Gasteiger partial charge is 0.477 e. The van der Waals surface area contributed by atoms with E-state index in [1.165, 1.54) is 127 Å². The van der Waals surface area contributed by atoms with Crippen molar-refractivity contribution in [2.45, 2.75) is 97.6 Å². The second-order valence-corrected chi connectivity index (χ2v) is 17.3. The number of anilines is 3. The van der Waals surface area contributed by atoms with Crippen molar-refractivity contribution in [2.75, 3.05) is 4.90 Å². The molecule has 8 heteroatoms. The minimum Gasteiger partial charge on any atom is -0.477 e. The van der Waals surface area contributed by atoms with E-state index in [2.05, 4.69) is 79.4 Å². The molecule has 4 heterocycles. The monoisotopic (exact) mass is 732 g/mol. The fourth-order valence-electron chi connectivity index (χ4n) is 6.65. The van der Waals surface area contributed by atoms with Gasteiger partial charge in [0.05, 0.1) is 17.1 Å². The third-order valence-electron chi connectivity index (χ3n) is 9.27. The molecule has 0 amide bonds. The summed E-state index contributed by atoms with van der Waals surface area (Å²) in [6.45, 7) is 4.53. The van der Waals surface area contributed by atoms with E-state index in [0.717, 1.165) is 27.5 Å². The highest BCUT2D eigenvalue weighted by Gasteiger charge is 2.33. The van der Waals surface area contributed by atoms with Crippen molar-refractivity contribution in [1.82, 2.24) is 0 Å². The number of hydrogen-bond donors (Lipinski definition) is 1. The maximum absolute atomic E-state index is 11.4. The van der Waals surface area contributed by atoms with Gasteiger partial charge in [-0.15, -0.1) is 22.7 Å². The summed E-state index contributed by atoms with van der Waals surface area (Å²) in [6.07, 6.45) is 13.8. The van der Waals surface area contributed by atoms with Crippen LogP contribution in [0.25, 0.3) is 26.3 Å². The van der Waals surface area contributed by atoms with Gasteiger partial charge in [0.1, 0.15) is 11.6 Å². The second kappa shape index (κ2) is 15.7. The lowest BCUT2D eigenvalue weighted by atomic mass is 10.0. The first-order valence-electron chi connectivity index (χ1n) is 17.6. The highest BCUT2D eigenvalue weighted by atomic mass is 32.2. The van der Waals surface area contributed by atoms with Crippen LogP contribution in [0.4, 0.5) is 17.1 Å². The standard InChI is InChI=1S/C42H40N2O2S4/c1-3-5-7-9-11-27-13-16-32-37(21-27)49-39-24-29(34-19-20-36(48-34)35-18-15-31(47-35)23-30(26-43)42(45)46)25-40-41(39)44(32)33-17-14-28(22-38(33)50-40)12-10-8-6-4-2/h13-25H,3-12H2,1-2H3,(H,45,46)/b30-23+. The molecule has 0 unspecified atom stereocenters. The van der Waals surface area contributed by atoms with Gasteiger partial charge in [-0.05, 0) is 109 Å². The average molecular weight is 733 g/mol. The summed E-state index contributed by atoms with van der Waals surface area (Å²) in [5.74, 6) is -1.21. The molecule has 2 aromatic heterocycles. The summed E-state index contributed by atoms with van der Waals surface area (Å²) in [6, 6.07) is 29.0. The fourth-order valence-corrected chi connectivity index (χ4v) is 11.1. The number of carboxylic acid groups (broad SMARTS) is 1. The molecule has 2 aliphatic heterocycles. The van der Waals surface area contributed by atoms with Crippen LogP contribution in [0.15, 0.2) is 98.0 Å². The molecule has 0 aliphatic carbocycles. The van der Waals surface area contributed by atoms with Crippen molar-refractivity contribution in [3.05, 3.63) is 94.4 Å². The van der Waals surface area contributed by atoms with Crippen molar-refractivity contribution >= 4 is 75.3 Å². The number of rotatable bonds is 14. The van der Waals surface area contributed by atoms with E-state index < -0.39 is 5.97 Å². The molecule has 0 fully saturated rings. The summed E-state index contributed by atoms with van der Waals surface area (Å²) in [5.41, 5.74) is 7.62. The van der Waals surface area contributed by atoms with Crippen LogP contribution in [0, 0.1) is 11.3 Å². The van der Waals surface area contributed by atoms with E-state index in [1.807, 2.05) is 35.7 Å². The van der Waals surface area contributed by atoms with E-state index >= 15 is 0 Å². The summed E-state index contributed by atoms with van der Waals surface area (Å²) in [4.78, 5) is 23.2. The molecule has 2 aliphatic rings. The lowest BCUT2D eigenvalue weighted by molar-refractivity contribution is -0.132. The zero-order chi connectivity index (χ0) is 34.6. The Kier molecular flexibility index (Phi) is 10.9. The zero-order valence-electron chi connectivity index (χ0n) is 28.5. The second-order valence-electron chi connectivity index (χ2n) is 12.9. The number of carbonyl (C=O) groups is 1. The molecular weight excluding hydrogens is 693 g/mol. The van der Waals surface area contributed by atoms with Gasteiger partial charge in [-0.1, -0.05) is 88.0 Å². The summed E-state index contributed by atoms with van der Waals surface area (Å²) >= 11 is 7.05. The molecule has 7 rings (SSSR count). The Bertz CT molecular complexity index is 2030. The predicted molar refractivity (Wildman–Crippen MR) is 213 cm³/mol. The van der Waals surface area contributed by atoms with E-state index in [9.17, 15) is 15.2 Å². The summed E-state index contributed by atoms with van der Waals surface area (Å²) < 4.78 is 0. The molecule has 0 saturated carbocycles. The maximum atomic E-state index is 11.4. The minimum absolute atomic E-state index is 0.257. The first-order valence-corrected chi connectivity index (χ1v) is 20.9. The number of aryl methyl sites for hydroxylation is 2. The number of nitrogens with zero attached hydrogens (tertiary/aromatic N) is 2. The van der Waals surface area contributed by atoms with Crippen molar-refractivity contribution in [3.8, 4) is 26.3 Å². The number of carboxylic acids is 1. The number of unbranched alkanes of at least 4 members (excludes halogenated alkanes) is 6. The van der Waals surface area contributed by atoms with Crippen LogP contribution in [-0.2, 0) is 17.6 Å². The maximum Gasteiger partial charge on any atom is 0.346 e. The predicted octanol–water partition coefficient (Wildman–Crippen LogP) is 13.8. The van der Waals surface area contributed by atoms with Crippen molar-refractivity contribution in [3.63, 3.8) is 0 Å². The van der Waals surface area contributed by atoms with Gasteiger partial charge in [0.15, 0.2) is 0 Å². The number of fused-ring (bicyclic) bond motifs is 4. The Labute approximate surface area is 311 Å². The number of hydrogen-bond acceptors (Lipinski definition) is 7. The molecule has 0 atom stereocenters. The van der Waals surface area contributed by atoms with Gasteiger partial charge in [-0.25, -0.2) is 4.79 Å². The van der Waals surface area contributed by atoms with Crippen LogP contribution in [0.1, 0.15) is 81.2 Å². The van der Waals surface area contributed by atoms with Gasteiger partial charge in [0.25, 0.3) is 0 Å². The van der Waals surface area contributed by atoms with Gasteiger partial charge < -0.3 is 10.0 Å².